The lowest BCUT2D eigenvalue weighted by Gasteiger charge is -2.14. The van der Waals surface area contributed by atoms with Crippen LogP contribution in [-0.4, -0.2) is 0 Å². The van der Waals surface area contributed by atoms with Crippen molar-refractivity contribution in [3.8, 4) is 0 Å². The van der Waals surface area contributed by atoms with Crippen molar-refractivity contribution in [2.24, 2.45) is 17.8 Å². The van der Waals surface area contributed by atoms with Gasteiger partial charge in [0.05, 0.1) is 0 Å². The Hall–Kier alpha value is 0. The third kappa shape index (κ3) is 30.5. The van der Waals surface area contributed by atoms with E-state index in [-0.39, 0.29) is 0 Å². The van der Waals surface area contributed by atoms with Crippen molar-refractivity contribution in [3.63, 3.8) is 0 Å². The van der Waals surface area contributed by atoms with Gasteiger partial charge >= 0.3 is 0 Å². The zero-order chi connectivity index (χ0) is 27.9. The average molecular weight is 535 g/mol. The fourth-order valence-electron chi connectivity index (χ4n) is 6.37. The molecule has 0 amide bonds. The minimum Gasteiger partial charge on any atom is -0.0654 e. The van der Waals surface area contributed by atoms with Crippen LogP contribution in [0.1, 0.15) is 227 Å². The van der Waals surface area contributed by atoms with Crippen LogP contribution in [-0.2, 0) is 0 Å². The molecule has 0 aliphatic heterocycles. The SMILES string of the molecule is CCCCCCCCCCC(C)CCCCCCCCCC(C)CCCC(C)CCCCCCCCCC. The Balaban J connectivity index is 3.33. The van der Waals surface area contributed by atoms with E-state index in [0.29, 0.717) is 0 Å². The normalized spacial score (nSPS) is 14.1. The lowest BCUT2D eigenvalue weighted by Crippen LogP contribution is -1.99. The molecule has 0 N–H and O–H groups in total. The van der Waals surface area contributed by atoms with Crippen molar-refractivity contribution < 1.29 is 0 Å². The van der Waals surface area contributed by atoms with Crippen molar-refractivity contribution >= 4 is 0 Å². The summed E-state index contributed by atoms with van der Waals surface area (Å²) in [5, 5.41) is 0. The third-order valence-corrected chi connectivity index (χ3v) is 9.39. The predicted octanol–water partition coefficient (Wildman–Crippen LogP) is 14.6. The Labute approximate surface area is 244 Å². The molecule has 0 spiro atoms. The van der Waals surface area contributed by atoms with Crippen molar-refractivity contribution in [2.75, 3.05) is 0 Å². The fraction of sp³-hybridized carbons (Fsp3) is 1.00. The molecule has 230 valence electrons. The van der Waals surface area contributed by atoms with Crippen LogP contribution in [0.4, 0.5) is 0 Å². The van der Waals surface area contributed by atoms with E-state index in [2.05, 4.69) is 34.6 Å². The molecule has 0 radical (unpaired) electrons. The van der Waals surface area contributed by atoms with E-state index in [1.54, 1.807) is 0 Å². The lowest BCUT2D eigenvalue weighted by atomic mass is 9.92. The van der Waals surface area contributed by atoms with Gasteiger partial charge in [-0.05, 0) is 17.8 Å². The summed E-state index contributed by atoms with van der Waals surface area (Å²) in [4.78, 5) is 0. The third-order valence-electron chi connectivity index (χ3n) is 9.39. The van der Waals surface area contributed by atoms with Crippen LogP contribution >= 0.6 is 0 Å². The van der Waals surface area contributed by atoms with Crippen LogP contribution < -0.4 is 0 Å². The van der Waals surface area contributed by atoms with Gasteiger partial charge in [0.2, 0.25) is 0 Å². The largest absolute Gasteiger partial charge is 0.0654 e. The average Bonchev–Trinajstić information content (AvgIpc) is 2.90. The molecule has 0 aromatic carbocycles. The van der Waals surface area contributed by atoms with E-state index in [4.69, 9.17) is 0 Å². The first-order chi connectivity index (χ1) is 18.6. The highest BCUT2D eigenvalue weighted by Crippen LogP contribution is 2.22. The number of hydrogen-bond acceptors (Lipinski definition) is 0. The van der Waals surface area contributed by atoms with Crippen LogP contribution in [0.15, 0.2) is 0 Å². The van der Waals surface area contributed by atoms with E-state index < -0.39 is 0 Å². The lowest BCUT2D eigenvalue weighted by molar-refractivity contribution is 0.390. The maximum atomic E-state index is 2.51. The summed E-state index contributed by atoms with van der Waals surface area (Å²) in [5.74, 6) is 2.87. The summed E-state index contributed by atoms with van der Waals surface area (Å²) >= 11 is 0. The summed E-state index contributed by atoms with van der Waals surface area (Å²) in [6, 6.07) is 0. The van der Waals surface area contributed by atoms with Gasteiger partial charge in [0.15, 0.2) is 0 Å². The summed E-state index contributed by atoms with van der Waals surface area (Å²) in [7, 11) is 0. The smallest absolute Gasteiger partial charge is 0.0443 e. The van der Waals surface area contributed by atoms with Gasteiger partial charge in [0.25, 0.3) is 0 Å². The minimum atomic E-state index is 0.952. The van der Waals surface area contributed by atoms with Crippen LogP contribution in [0.2, 0.25) is 0 Å². The second-order valence-corrected chi connectivity index (χ2v) is 13.8. The van der Waals surface area contributed by atoms with E-state index in [0.717, 1.165) is 17.8 Å². The Morgan fingerprint density at radius 2 is 0.421 bits per heavy atom. The van der Waals surface area contributed by atoms with E-state index in [9.17, 15) is 0 Å². The molecule has 0 saturated carbocycles. The summed E-state index contributed by atoms with van der Waals surface area (Å²) in [5.41, 5.74) is 0. The summed E-state index contributed by atoms with van der Waals surface area (Å²) in [6.45, 7) is 12.1. The molecule has 0 aliphatic carbocycles. The first-order valence-corrected chi connectivity index (χ1v) is 18.6. The van der Waals surface area contributed by atoms with Gasteiger partial charge in [-0.15, -0.1) is 0 Å². The minimum absolute atomic E-state index is 0.952. The highest BCUT2D eigenvalue weighted by molar-refractivity contribution is 4.60. The summed E-state index contributed by atoms with van der Waals surface area (Å²) in [6.07, 6.45) is 44.0. The Morgan fingerprint density at radius 1 is 0.237 bits per heavy atom. The monoisotopic (exact) mass is 535 g/mol. The number of rotatable bonds is 32. The highest BCUT2D eigenvalue weighted by Gasteiger charge is 2.06. The molecule has 3 atom stereocenters. The molecular formula is C38H78. The molecule has 0 rings (SSSR count). The first kappa shape index (κ1) is 38.0. The Bertz CT molecular complexity index is 412. The topological polar surface area (TPSA) is 0 Å². The molecule has 0 aromatic heterocycles. The molecule has 0 fully saturated rings. The van der Waals surface area contributed by atoms with E-state index >= 15 is 0 Å². The molecule has 0 heteroatoms. The summed E-state index contributed by atoms with van der Waals surface area (Å²) < 4.78 is 0. The van der Waals surface area contributed by atoms with Crippen LogP contribution in [0, 0.1) is 17.8 Å². The van der Waals surface area contributed by atoms with Crippen molar-refractivity contribution in [2.45, 2.75) is 227 Å². The zero-order valence-corrected chi connectivity index (χ0v) is 27.9. The van der Waals surface area contributed by atoms with Gasteiger partial charge < -0.3 is 0 Å². The van der Waals surface area contributed by atoms with Crippen LogP contribution in [0.3, 0.4) is 0 Å². The quantitative estimate of drug-likeness (QED) is 0.0752. The van der Waals surface area contributed by atoms with Gasteiger partial charge in [-0.25, -0.2) is 0 Å². The molecule has 38 heavy (non-hydrogen) atoms. The van der Waals surface area contributed by atoms with Crippen LogP contribution in [0.5, 0.6) is 0 Å². The Morgan fingerprint density at radius 3 is 0.658 bits per heavy atom. The van der Waals surface area contributed by atoms with Crippen LogP contribution in [0.25, 0.3) is 0 Å². The van der Waals surface area contributed by atoms with Gasteiger partial charge in [0.1, 0.15) is 0 Å². The maximum Gasteiger partial charge on any atom is -0.0443 e. The van der Waals surface area contributed by atoms with Gasteiger partial charge in [0, 0.05) is 0 Å². The molecule has 0 heterocycles. The zero-order valence-electron chi connectivity index (χ0n) is 27.9. The number of unbranched alkanes of at least 4 members (excludes halogenated alkanes) is 20. The first-order valence-electron chi connectivity index (χ1n) is 18.6. The molecular weight excluding hydrogens is 456 g/mol. The highest BCUT2D eigenvalue weighted by atomic mass is 14.1. The predicted molar refractivity (Wildman–Crippen MR) is 177 cm³/mol. The van der Waals surface area contributed by atoms with Crippen molar-refractivity contribution in [3.05, 3.63) is 0 Å². The second-order valence-electron chi connectivity index (χ2n) is 13.8. The molecule has 0 bridgehead atoms. The standard InChI is InChI=1S/C38H78/c1-6-8-10-12-14-17-21-25-30-36(3)31-26-23-19-16-20-24-28-33-38(5)35-29-34-37(4)32-27-22-18-15-13-11-9-7-2/h36-38H,6-35H2,1-5H3. The van der Waals surface area contributed by atoms with Crippen molar-refractivity contribution in [1.29, 1.82) is 0 Å². The van der Waals surface area contributed by atoms with E-state index in [1.165, 1.54) is 193 Å². The van der Waals surface area contributed by atoms with Crippen molar-refractivity contribution in [1.82, 2.24) is 0 Å². The molecule has 0 saturated heterocycles. The maximum absolute atomic E-state index is 2.51. The van der Waals surface area contributed by atoms with Gasteiger partial charge in [-0.3, -0.25) is 0 Å². The molecule has 3 unspecified atom stereocenters. The van der Waals surface area contributed by atoms with Gasteiger partial charge in [-0.2, -0.15) is 0 Å². The number of hydrogen-bond donors (Lipinski definition) is 0. The second kappa shape index (κ2) is 31.5. The molecule has 0 aliphatic rings. The Kier molecular flexibility index (Phi) is 31.5. The molecule has 0 aromatic rings. The van der Waals surface area contributed by atoms with E-state index in [1.807, 2.05) is 0 Å². The molecule has 0 nitrogen and oxygen atoms in total. The van der Waals surface area contributed by atoms with Gasteiger partial charge in [-0.1, -0.05) is 227 Å². The fourth-order valence-corrected chi connectivity index (χ4v) is 6.37.